The largest absolute Gasteiger partial charge is 0.478 e. The van der Waals surface area contributed by atoms with Crippen LogP contribution in [0.2, 0.25) is 0 Å². The van der Waals surface area contributed by atoms with Gasteiger partial charge in [-0.15, -0.1) is 0 Å². The summed E-state index contributed by atoms with van der Waals surface area (Å²) in [6.07, 6.45) is 0.847. The van der Waals surface area contributed by atoms with Gasteiger partial charge >= 0.3 is 5.97 Å². The van der Waals surface area contributed by atoms with Crippen molar-refractivity contribution in [2.24, 2.45) is 5.73 Å². The molecule has 0 spiro atoms. The average molecular weight is 268 g/mol. The van der Waals surface area contributed by atoms with Crippen LogP contribution in [0.1, 0.15) is 40.0 Å². The van der Waals surface area contributed by atoms with Crippen molar-refractivity contribution in [3.05, 3.63) is 65.2 Å². The molecule has 2 aromatic carbocycles. The molecule has 0 bridgehead atoms. The van der Waals surface area contributed by atoms with Gasteiger partial charge in [-0.1, -0.05) is 24.3 Å². The Labute approximate surface area is 117 Å². The number of nitrogens with one attached hydrogen (secondary N) is 1. The fraction of sp³-hybridized carbons (Fsp3) is 0.188. The first-order valence-corrected chi connectivity index (χ1v) is 6.59. The van der Waals surface area contributed by atoms with E-state index in [0.29, 0.717) is 5.56 Å². The Morgan fingerprint density at radius 1 is 1.10 bits per heavy atom. The van der Waals surface area contributed by atoms with Gasteiger partial charge in [0.05, 0.1) is 11.6 Å². The number of hydrogen-bond donors (Lipinski definition) is 3. The first-order valence-electron chi connectivity index (χ1n) is 6.59. The lowest BCUT2D eigenvalue weighted by molar-refractivity contribution is 0.0697. The van der Waals surface area contributed by atoms with Gasteiger partial charge in [-0.05, 0) is 41.8 Å². The summed E-state index contributed by atoms with van der Waals surface area (Å²) in [6, 6.07) is 15.2. The number of carbonyl (C=O) groups is 1. The normalized spacial score (nSPS) is 20.4. The van der Waals surface area contributed by atoms with E-state index in [1.165, 1.54) is 11.1 Å². The van der Waals surface area contributed by atoms with Crippen molar-refractivity contribution in [1.82, 2.24) is 0 Å². The average Bonchev–Trinajstić information content (AvgIpc) is 2.77. The Morgan fingerprint density at radius 2 is 1.75 bits per heavy atom. The molecule has 0 heterocycles. The molecule has 20 heavy (non-hydrogen) atoms. The van der Waals surface area contributed by atoms with Crippen molar-refractivity contribution in [2.75, 3.05) is 5.32 Å². The Morgan fingerprint density at radius 3 is 2.40 bits per heavy atom. The molecule has 1 aliphatic carbocycles. The second-order valence-electron chi connectivity index (χ2n) is 5.05. The second kappa shape index (κ2) is 4.98. The maximum Gasteiger partial charge on any atom is 0.335 e. The summed E-state index contributed by atoms with van der Waals surface area (Å²) < 4.78 is 0. The SMILES string of the molecule is NC1CC(Nc2ccc(C(=O)O)cc2)c2ccccc21. The fourth-order valence-electron chi connectivity index (χ4n) is 2.72. The van der Waals surface area contributed by atoms with Crippen LogP contribution in [0.15, 0.2) is 48.5 Å². The number of nitrogens with two attached hydrogens (primary N) is 1. The standard InChI is InChI=1S/C16H16N2O2/c17-14-9-15(13-4-2-1-3-12(13)14)18-11-7-5-10(6-8-11)16(19)20/h1-8,14-15,18H,9,17H2,(H,19,20). The van der Waals surface area contributed by atoms with Gasteiger partial charge in [0, 0.05) is 11.7 Å². The second-order valence-corrected chi connectivity index (χ2v) is 5.05. The van der Waals surface area contributed by atoms with Crippen LogP contribution in [-0.2, 0) is 0 Å². The number of rotatable bonds is 3. The molecule has 2 unspecified atom stereocenters. The lowest BCUT2D eigenvalue weighted by Gasteiger charge is -2.15. The minimum atomic E-state index is -0.912. The number of benzene rings is 2. The van der Waals surface area contributed by atoms with Crippen LogP contribution in [0.4, 0.5) is 5.69 Å². The lowest BCUT2D eigenvalue weighted by atomic mass is 10.1. The molecule has 0 aliphatic heterocycles. The molecule has 102 valence electrons. The number of carboxylic acid groups (broad SMARTS) is 1. The number of fused-ring (bicyclic) bond motifs is 1. The maximum atomic E-state index is 10.8. The topological polar surface area (TPSA) is 75.3 Å². The van der Waals surface area contributed by atoms with Crippen molar-refractivity contribution >= 4 is 11.7 Å². The summed E-state index contributed by atoms with van der Waals surface area (Å²) in [6.45, 7) is 0. The number of carboxylic acids is 1. The molecule has 0 amide bonds. The van der Waals surface area contributed by atoms with Gasteiger partial charge in [-0.2, -0.15) is 0 Å². The van der Waals surface area contributed by atoms with Crippen LogP contribution in [-0.4, -0.2) is 11.1 Å². The molecular weight excluding hydrogens is 252 g/mol. The van der Waals surface area contributed by atoms with E-state index in [4.69, 9.17) is 10.8 Å². The highest BCUT2D eigenvalue weighted by Crippen LogP contribution is 2.38. The van der Waals surface area contributed by atoms with Crippen LogP contribution in [0.25, 0.3) is 0 Å². The monoisotopic (exact) mass is 268 g/mol. The van der Waals surface area contributed by atoms with Gasteiger partial charge in [-0.3, -0.25) is 0 Å². The highest BCUT2D eigenvalue weighted by Gasteiger charge is 2.27. The highest BCUT2D eigenvalue weighted by molar-refractivity contribution is 5.88. The van der Waals surface area contributed by atoms with E-state index >= 15 is 0 Å². The van der Waals surface area contributed by atoms with E-state index in [9.17, 15) is 4.79 Å². The summed E-state index contributed by atoms with van der Waals surface area (Å²) in [5.74, 6) is -0.912. The summed E-state index contributed by atoms with van der Waals surface area (Å²) in [4.78, 5) is 10.8. The Hall–Kier alpha value is -2.33. The van der Waals surface area contributed by atoms with Crippen molar-refractivity contribution in [3.8, 4) is 0 Å². The molecular formula is C16H16N2O2. The van der Waals surface area contributed by atoms with E-state index in [0.717, 1.165) is 12.1 Å². The van der Waals surface area contributed by atoms with Crippen molar-refractivity contribution < 1.29 is 9.90 Å². The fourth-order valence-corrected chi connectivity index (χ4v) is 2.72. The van der Waals surface area contributed by atoms with Crippen LogP contribution in [0, 0.1) is 0 Å². The molecule has 0 fully saturated rings. The van der Waals surface area contributed by atoms with E-state index < -0.39 is 5.97 Å². The molecule has 3 rings (SSSR count). The first-order chi connectivity index (χ1) is 9.65. The third-order valence-electron chi connectivity index (χ3n) is 3.73. The van der Waals surface area contributed by atoms with Gasteiger partial charge in [0.2, 0.25) is 0 Å². The van der Waals surface area contributed by atoms with Crippen LogP contribution in [0.5, 0.6) is 0 Å². The minimum absolute atomic E-state index is 0.0574. The minimum Gasteiger partial charge on any atom is -0.478 e. The number of hydrogen-bond acceptors (Lipinski definition) is 3. The summed E-state index contributed by atoms with van der Waals surface area (Å²) in [5, 5.41) is 12.3. The van der Waals surface area contributed by atoms with Crippen molar-refractivity contribution in [2.45, 2.75) is 18.5 Å². The molecule has 0 aromatic heterocycles. The van der Waals surface area contributed by atoms with Crippen LogP contribution >= 0.6 is 0 Å². The third-order valence-corrected chi connectivity index (χ3v) is 3.73. The van der Waals surface area contributed by atoms with Crippen molar-refractivity contribution in [1.29, 1.82) is 0 Å². The molecule has 4 N–H and O–H groups in total. The quantitative estimate of drug-likeness (QED) is 0.800. The molecule has 1 aliphatic rings. The molecule has 0 saturated heterocycles. The van der Waals surface area contributed by atoms with Gasteiger partial charge in [0.25, 0.3) is 0 Å². The van der Waals surface area contributed by atoms with Gasteiger partial charge < -0.3 is 16.2 Å². The third kappa shape index (κ3) is 2.26. The van der Waals surface area contributed by atoms with E-state index in [1.807, 2.05) is 12.1 Å². The van der Waals surface area contributed by atoms with Crippen LogP contribution < -0.4 is 11.1 Å². The molecule has 0 saturated carbocycles. The molecule has 2 atom stereocenters. The Bertz CT molecular complexity index is 637. The van der Waals surface area contributed by atoms with Gasteiger partial charge in [-0.25, -0.2) is 4.79 Å². The summed E-state index contributed by atoms with van der Waals surface area (Å²) in [5.41, 5.74) is 9.75. The number of anilines is 1. The zero-order valence-electron chi connectivity index (χ0n) is 10.9. The smallest absolute Gasteiger partial charge is 0.335 e. The van der Waals surface area contributed by atoms with Gasteiger partial charge in [0.1, 0.15) is 0 Å². The highest BCUT2D eigenvalue weighted by atomic mass is 16.4. The van der Waals surface area contributed by atoms with Gasteiger partial charge in [0.15, 0.2) is 0 Å². The number of aromatic carboxylic acids is 1. The van der Waals surface area contributed by atoms with E-state index in [1.54, 1.807) is 24.3 Å². The molecule has 2 aromatic rings. The summed E-state index contributed by atoms with van der Waals surface area (Å²) in [7, 11) is 0. The zero-order valence-corrected chi connectivity index (χ0v) is 10.9. The predicted molar refractivity (Wildman–Crippen MR) is 77.8 cm³/mol. The predicted octanol–water partition coefficient (Wildman–Crippen LogP) is 2.94. The van der Waals surface area contributed by atoms with Crippen molar-refractivity contribution in [3.63, 3.8) is 0 Å². The van der Waals surface area contributed by atoms with E-state index in [2.05, 4.69) is 17.4 Å². The molecule has 0 radical (unpaired) electrons. The first kappa shape index (κ1) is 12.7. The Balaban J connectivity index is 1.81. The van der Waals surface area contributed by atoms with E-state index in [-0.39, 0.29) is 12.1 Å². The molecule has 4 heteroatoms. The van der Waals surface area contributed by atoms with Crippen LogP contribution in [0.3, 0.4) is 0 Å². The Kier molecular flexibility index (Phi) is 3.16. The zero-order chi connectivity index (χ0) is 14.1. The summed E-state index contributed by atoms with van der Waals surface area (Å²) >= 11 is 0. The maximum absolute atomic E-state index is 10.8. The molecule has 4 nitrogen and oxygen atoms in total. The lowest BCUT2D eigenvalue weighted by Crippen LogP contribution is -2.10.